The first-order valence-electron chi connectivity index (χ1n) is 18.6. The predicted molar refractivity (Wildman–Crippen MR) is 223 cm³/mol. The fraction of sp³-hybridized carbons (Fsp3) is 0.111. The van der Waals surface area contributed by atoms with Gasteiger partial charge in [-0.05, 0) is 87.0 Å². The fourth-order valence-corrected chi connectivity index (χ4v) is 7.66. The highest BCUT2D eigenvalue weighted by atomic mass is 16.5. The lowest BCUT2D eigenvalue weighted by molar-refractivity contribution is -0.00491. The summed E-state index contributed by atoms with van der Waals surface area (Å²) in [4.78, 5) is 0. The van der Waals surface area contributed by atoms with Crippen LogP contribution in [-0.2, 0) is 15.9 Å². The minimum absolute atomic E-state index is 0.874. The quantitative estimate of drug-likeness (QED) is 0.143. The first-order chi connectivity index (χ1) is 26.8. The Morgan fingerprint density at radius 3 is 1.00 bits per heavy atom. The topological polar surface area (TPSA) is 9.23 Å². The molecule has 258 valence electrons. The second-order valence-corrected chi connectivity index (χ2v) is 14.5. The summed E-state index contributed by atoms with van der Waals surface area (Å²) in [5.41, 5.74) is 11.6. The second kappa shape index (κ2) is 13.4. The van der Waals surface area contributed by atoms with Crippen molar-refractivity contribution in [2.45, 2.75) is 38.9 Å². The highest BCUT2D eigenvalue weighted by Crippen LogP contribution is 2.63. The van der Waals surface area contributed by atoms with Crippen LogP contribution in [-0.4, -0.2) is 0 Å². The van der Waals surface area contributed by atoms with Gasteiger partial charge >= 0.3 is 0 Å². The van der Waals surface area contributed by atoms with Crippen LogP contribution >= 0.6 is 0 Å². The van der Waals surface area contributed by atoms with E-state index in [2.05, 4.69) is 221 Å². The van der Waals surface area contributed by atoms with Gasteiger partial charge in [-0.15, -0.1) is 0 Å². The summed E-state index contributed by atoms with van der Waals surface area (Å²) in [6.45, 7) is 8.35. The first-order valence-corrected chi connectivity index (χ1v) is 18.6. The molecular weight excluding hydrogens is 665 g/mol. The molecule has 0 saturated heterocycles. The number of rotatable bonds is 0. The van der Waals surface area contributed by atoms with Crippen molar-refractivity contribution < 1.29 is 4.74 Å². The molecule has 1 heteroatoms. The van der Waals surface area contributed by atoms with E-state index in [1.807, 2.05) is 0 Å². The maximum absolute atomic E-state index is 7.58. The minimum atomic E-state index is -1.18. The smallest absolute Gasteiger partial charge is 0.184 e. The molecule has 0 aliphatic carbocycles. The van der Waals surface area contributed by atoms with Crippen molar-refractivity contribution in [3.05, 3.63) is 223 Å². The molecule has 7 aromatic rings. The Balaban J connectivity index is 1.43. The van der Waals surface area contributed by atoms with Crippen molar-refractivity contribution in [1.82, 2.24) is 0 Å². The van der Waals surface area contributed by atoms with Gasteiger partial charge in [0, 0.05) is 55.6 Å². The van der Waals surface area contributed by atoms with Crippen molar-refractivity contribution in [2.24, 2.45) is 0 Å². The summed E-state index contributed by atoms with van der Waals surface area (Å²) in [5, 5.41) is 2.00. The monoisotopic (exact) mass is 700 g/mol. The van der Waals surface area contributed by atoms with Crippen LogP contribution in [0.2, 0.25) is 0 Å². The normalized spacial score (nSPS) is 16.9. The molecule has 0 N–H and O–H groups in total. The predicted octanol–water partition coefficient (Wildman–Crippen LogP) is 10.8. The maximum atomic E-state index is 7.58. The molecule has 0 saturated carbocycles. The van der Waals surface area contributed by atoms with E-state index in [0.29, 0.717) is 0 Å². The summed E-state index contributed by atoms with van der Waals surface area (Å²) in [5.74, 6) is 28.9. The van der Waals surface area contributed by atoms with Gasteiger partial charge in [-0.2, -0.15) is 0 Å². The van der Waals surface area contributed by atoms with Gasteiger partial charge in [-0.1, -0.05) is 167 Å². The van der Waals surface area contributed by atoms with Gasteiger partial charge in [-0.3, -0.25) is 0 Å². The van der Waals surface area contributed by atoms with Crippen molar-refractivity contribution in [2.75, 3.05) is 0 Å². The van der Waals surface area contributed by atoms with Gasteiger partial charge in [0.15, 0.2) is 11.2 Å². The second-order valence-electron chi connectivity index (χ2n) is 14.5. The van der Waals surface area contributed by atoms with Gasteiger partial charge in [0.25, 0.3) is 0 Å². The van der Waals surface area contributed by atoms with Crippen LogP contribution in [0.25, 0.3) is 10.8 Å². The lowest BCUT2D eigenvalue weighted by atomic mass is 9.68. The molecule has 1 nitrogen and oxygen atoms in total. The third-order valence-corrected chi connectivity index (χ3v) is 10.5. The van der Waals surface area contributed by atoms with Crippen LogP contribution in [0.4, 0.5) is 0 Å². The van der Waals surface area contributed by atoms with Crippen molar-refractivity contribution in [3.63, 3.8) is 0 Å². The van der Waals surface area contributed by atoms with E-state index in [1.165, 1.54) is 22.3 Å². The Morgan fingerprint density at radius 2 is 0.655 bits per heavy atom. The van der Waals surface area contributed by atoms with E-state index < -0.39 is 11.2 Å². The standard InChI is InChI=1S/C54H36O/c1-37-13-21-41(22-14-37)29-31-47-45-9-5-6-10-46(45)48(32-30-42-23-15-38(2)16-24-42)52-51(47)53(35-33-43-25-17-39(3)18-26-43)49-11-7-8-12-50(49)54(52,55-53)36-34-44-27-19-40(4)20-28-44/h5-28H,1-4H3. The first kappa shape index (κ1) is 33.8. The van der Waals surface area contributed by atoms with Crippen LogP contribution < -0.4 is 0 Å². The van der Waals surface area contributed by atoms with Gasteiger partial charge in [0.2, 0.25) is 0 Å². The van der Waals surface area contributed by atoms with E-state index in [9.17, 15) is 0 Å². The van der Waals surface area contributed by atoms with Crippen LogP contribution in [0.3, 0.4) is 0 Å². The molecular formula is C54H36O. The van der Waals surface area contributed by atoms with Crippen LogP contribution in [0.15, 0.2) is 146 Å². The summed E-state index contributed by atoms with van der Waals surface area (Å²) >= 11 is 0. The molecule has 0 spiro atoms. The molecule has 0 radical (unpaired) electrons. The largest absolute Gasteiger partial charge is 0.326 e. The molecule has 9 rings (SSSR count). The van der Waals surface area contributed by atoms with Crippen molar-refractivity contribution in [1.29, 1.82) is 0 Å². The van der Waals surface area contributed by atoms with E-state index in [4.69, 9.17) is 4.74 Å². The van der Waals surface area contributed by atoms with Crippen LogP contribution in [0.1, 0.15) is 77.9 Å². The molecule has 7 aromatic carbocycles. The van der Waals surface area contributed by atoms with Crippen LogP contribution in [0.5, 0.6) is 0 Å². The Morgan fingerprint density at radius 1 is 0.345 bits per heavy atom. The third-order valence-electron chi connectivity index (χ3n) is 10.5. The highest BCUT2D eigenvalue weighted by Gasteiger charge is 2.64. The Hall–Kier alpha value is -7.00. The fourth-order valence-electron chi connectivity index (χ4n) is 7.66. The minimum Gasteiger partial charge on any atom is -0.326 e. The average molecular weight is 701 g/mol. The van der Waals surface area contributed by atoms with Gasteiger partial charge in [0.1, 0.15) is 0 Å². The van der Waals surface area contributed by atoms with E-state index in [1.54, 1.807) is 0 Å². The van der Waals surface area contributed by atoms with E-state index in [0.717, 1.165) is 66.4 Å². The molecule has 2 aliphatic rings. The molecule has 0 aromatic heterocycles. The number of ether oxygens (including phenoxy) is 1. The molecule has 0 fully saturated rings. The van der Waals surface area contributed by atoms with Crippen molar-refractivity contribution in [3.8, 4) is 47.4 Å². The molecule has 2 atom stereocenters. The number of benzene rings is 7. The molecule has 2 bridgehead atoms. The molecule has 2 unspecified atom stereocenters. The zero-order valence-corrected chi connectivity index (χ0v) is 31.3. The Bertz CT molecular complexity index is 2720. The molecule has 2 aliphatic heterocycles. The number of aryl methyl sites for hydroxylation is 4. The van der Waals surface area contributed by atoms with Gasteiger partial charge in [-0.25, -0.2) is 0 Å². The average Bonchev–Trinajstić information content (AvgIpc) is 3.67. The van der Waals surface area contributed by atoms with Gasteiger partial charge in [0.05, 0.1) is 0 Å². The number of hydrogen-bond acceptors (Lipinski definition) is 1. The van der Waals surface area contributed by atoms with E-state index >= 15 is 0 Å². The summed E-state index contributed by atoms with van der Waals surface area (Å²) in [6, 6.07) is 50.2. The highest BCUT2D eigenvalue weighted by molar-refractivity contribution is 5.99. The molecule has 55 heavy (non-hydrogen) atoms. The maximum Gasteiger partial charge on any atom is 0.184 e. The lowest BCUT2D eigenvalue weighted by Crippen LogP contribution is -2.26. The SMILES string of the molecule is Cc1ccc(C#Cc2c3c(c(C#Cc4ccc(C)cc4)c4ccccc24)C2(C#Cc4ccc(C)cc4)OC3(C#Cc3ccc(C)cc3)c3ccccc32)cc1. The van der Waals surface area contributed by atoms with Crippen LogP contribution in [0, 0.1) is 75.1 Å². The number of hydrogen-bond donors (Lipinski definition) is 0. The third kappa shape index (κ3) is 5.90. The zero-order chi connectivity index (χ0) is 37.6. The Kier molecular flexibility index (Phi) is 8.27. The van der Waals surface area contributed by atoms with Crippen molar-refractivity contribution >= 4 is 10.8 Å². The number of fused-ring (bicyclic) bond motifs is 9. The van der Waals surface area contributed by atoms with E-state index in [-0.39, 0.29) is 0 Å². The summed E-state index contributed by atoms with van der Waals surface area (Å²) in [6.07, 6.45) is 0. The zero-order valence-electron chi connectivity index (χ0n) is 31.3. The van der Waals surface area contributed by atoms with Gasteiger partial charge < -0.3 is 4.74 Å². The summed E-state index contributed by atoms with van der Waals surface area (Å²) in [7, 11) is 0. The Labute approximate surface area is 324 Å². The summed E-state index contributed by atoms with van der Waals surface area (Å²) < 4.78 is 7.58. The molecule has 2 heterocycles. The molecule has 0 amide bonds. The lowest BCUT2D eigenvalue weighted by Gasteiger charge is -2.28.